The minimum atomic E-state index is 0.278. The summed E-state index contributed by atoms with van der Waals surface area (Å²) in [4.78, 5) is 2.53. The molecule has 2 aliphatic heterocycles. The summed E-state index contributed by atoms with van der Waals surface area (Å²) in [6.07, 6.45) is 0. The molecule has 21 heavy (non-hydrogen) atoms. The van der Waals surface area contributed by atoms with Crippen molar-refractivity contribution in [3.05, 3.63) is 42.0 Å². The van der Waals surface area contributed by atoms with Crippen LogP contribution in [0.2, 0.25) is 0 Å². The summed E-state index contributed by atoms with van der Waals surface area (Å²) < 4.78 is 0. The maximum atomic E-state index is 10.6. The molecular weight excluding hydrogens is 260 g/mol. The summed E-state index contributed by atoms with van der Waals surface area (Å²) in [5.74, 6) is 2.03. The highest BCUT2D eigenvalue weighted by molar-refractivity contribution is 5.89. The van der Waals surface area contributed by atoms with Crippen molar-refractivity contribution in [3.8, 4) is 5.75 Å². The maximum Gasteiger partial charge on any atom is 0.128 e. The van der Waals surface area contributed by atoms with E-state index in [0.717, 1.165) is 54.4 Å². The summed E-state index contributed by atoms with van der Waals surface area (Å²) in [6, 6.07) is 12.6. The van der Waals surface area contributed by atoms with Crippen molar-refractivity contribution in [1.29, 1.82) is 0 Å². The summed E-state index contributed by atoms with van der Waals surface area (Å²) >= 11 is 0. The van der Waals surface area contributed by atoms with E-state index in [0.29, 0.717) is 5.75 Å². The molecule has 0 aliphatic carbocycles. The normalized spacial score (nSPS) is 27.1. The Balaban J connectivity index is 1.65. The van der Waals surface area contributed by atoms with Crippen LogP contribution >= 0.6 is 0 Å². The third-order valence-electron chi connectivity index (χ3n) is 5.35. The fourth-order valence-corrected chi connectivity index (χ4v) is 4.01. The Morgan fingerprint density at radius 2 is 1.81 bits per heavy atom. The molecule has 4 rings (SSSR count). The van der Waals surface area contributed by atoms with Gasteiger partial charge in [0, 0.05) is 30.1 Å². The zero-order chi connectivity index (χ0) is 14.4. The van der Waals surface area contributed by atoms with Crippen molar-refractivity contribution < 1.29 is 5.11 Å². The van der Waals surface area contributed by atoms with Gasteiger partial charge in [-0.3, -0.25) is 4.90 Å². The Kier molecular flexibility index (Phi) is 3.12. The minimum absolute atomic E-state index is 0.278. The van der Waals surface area contributed by atoms with Crippen molar-refractivity contribution in [1.82, 2.24) is 10.2 Å². The van der Waals surface area contributed by atoms with Crippen LogP contribution in [0.4, 0.5) is 0 Å². The second-order valence-electron chi connectivity index (χ2n) is 6.53. The number of phenolic OH excluding ortho intramolecular Hbond substituents is 1. The Morgan fingerprint density at radius 1 is 1.10 bits per heavy atom. The molecule has 0 spiro atoms. The molecule has 2 aromatic carbocycles. The number of hydrogen-bond acceptors (Lipinski definition) is 3. The molecule has 2 N–H and O–H groups in total. The van der Waals surface area contributed by atoms with E-state index in [4.69, 9.17) is 0 Å². The van der Waals surface area contributed by atoms with E-state index in [1.54, 1.807) is 0 Å². The summed E-state index contributed by atoms with van der Waals surface area (Å²) in [6.45, 7) is 6.81. The first kappa shape index (κ1) is 13.1. The van der Waals surface area contributed by atoms with Crippen LogP contribution < -0.4 is 5.32 Å². The van der Waals surface area contributed by atoms with Crippen molar-refractivity contribution in [2.45, 2.75) is 13.0 Å². The highest BCUT2D eigenvalue weighted by Crippen LogP contribution is 2.38. The molecule has 110 valence electrons. The van der Waals surface area contributed by atoms with Gasteiger partial charge in [-0.2, -0.15) is 0 Å². The van der Waals surface area contributed by atoms with Gasteiger partial charge in [-0.05, 0) is 37.2 Å². The average Bonchev–Trinajstić information content (AvgIpc) is 3.08. The smallest absolute Gasteiger partial charge is 0.128 e. The predicted octanol–water partition coefficient (Wildman–Crippen LogP) is 2.76. The molecular formula is C18H22N2O. The van der Waals surface area contributed by atoms with Crippen molar-refractivity contribution in [2.75, 3.05) is 26.2 Å². The van der Waals surface area contributed by atoms with E-state index in [-0.39, 0.29) is 6.04 Å². The van der Waals surface area contributed by atoms with Gasteiger partial charge < -0.3 is 10.4 Å². The highest BCUT2D eigenvalue weighted by atomic mass is 16.3. The van der Waals surface area contributed by atoms with Crippen LogP contribution in [0.3, 0.4) is 0 Å². The molecule has 2 fully saturated rings. The number of aromatic hydroxyl groups is 1. The van der Waals surface area contributed by atoms with Crippen LogP contribution in [0.25, 0.3) is 10.8 Å². The molecule has 0 radical (unpaired) electrons. The summed E-state index contributed by atoms with van der Waals surface area (Å²) in [5, 5.41) is 16.2. The third kappa shape index (κ3) is 2.12. The zero-order valence-electron chi connectivity index (χ0n) is 12.4. The predicted molar refractivity (Wildman–Crippen MR) is 85.5 cm³/mol. The van der Waals surface area contributed by atoms with Crippen LogP contribution in [-0.2, 0) is 0 Å². The molecule has 3 atom stereocenters. The largest absolute Gasteiger partial charge is 0.507 e. The van der Waals surface area contributed by atoms with E-state index in [9.17, 15) is 5.11 Å². The summed E-state index contributed by atoms with van der Waals surface area (Å²) in [5.41, 5.74) is 1.06. The van der Waals surface area contributed by atoms with Crippen molar-refractivity contribution >= 4 is 10.8 Å². The number of nitrogens with one attached hydrogen (secondary N) is 1. The van der Waals surface area contributed by atoms with Gasteiger partial charge in [0.25, 0.3) is 0 Å². The first-order valence-electron chi connectivity index (χ1n) is 7.89. The van der Waals surface area contributed by atoms with E-state index in [2.05, 4.69) is 35.3 Å². The Morgan fingerprint density at radius 3 is 2.57 bits per heavy atom. The van der Waals surface area contributed by atoms with E-state index in [1.807, 2.05) is 18.2 Å². The SMILES string of the molecule is CC(c1ccc2ccccc2c1O)N1C[C@H]2CNC[C@H]2C1. The van der Waals surface area contributed by atoms with Gasteiger partial charge in [-0.15, -0.1) is 0 Å². The van der Waals surface area contributed by atoms with Gasteiger partial charge in [0.15, 0.2) is 0 Å². The fraction of sp³-hybridized carbons (Fsp3) is 0.444. The van der Waals surface area contributed by atoms with E-state index >= 15 is 0 Å². The molecule has 2 heterocycles. The lowest BCUT2D eigenvalue weighted by molar-refractivity contribution is 0.240. The van der Waals surface area contributed by atoms with Gasteiger partial charge in [-0.1, -0.05) is 36.4 Å². The number of hydrogen-bond donors (Lipinski definition) is 2. The second-order valence-corrected chi connectivity index (χ2v) is 6.53. The number of benzene rings is 2. The van der Waals surface area contributed by atoms with E-state index in [1.165, 1.54) is 0 Å². The Hall–Kier alpha value is -1.58. The lowest BCUT2D eigenvalue weighted by atomic mass is 10.00. The molecule has 1 unspecified atom stereocenters. The molecule has 0 aromatic heterocycles. The molecule has 0 saturated carbocycles. The van der Waals surface area contributed by atoms with Crippen LogP contribution in [0.5, 0.6) is 5.75 Å². The summed E-state index contributed by atoms with van der Waals surface area (Å²) in [7, 11) is 0. The third-order valence-corrected chi connectivity index (χ3v) is 5.35. The van der Waals surface area contributed by atoms with E-state index < -0.39 is 0 Å². The molecule has 0 bridgehead atoms. The number of nitrogens with zero attached hydrogens (tertiary/aromatic N) is 1. The fourth-order valence-electron chi connectivity index (χ4n) is 4.01. The molecule has 3 heteroatoms. The Labute approximate surface area is 125 Å². The second kappa shape index (κ2) is 5.00. The Bertz CT molecular complexity index is 657. The van der Waals surface area contributed by atoms with Crippen LogP contribution in [0.15, 0.2) is 36.4 Å². The monoisotopic (exact) mass is 282 g/mol. The molecule has 2 aromatic rings. The van der Waals surface area contributed by atoms with Gasteiger partial charge in [0.2, 0.25) is 0 Å². The van der Waals surface area contributed by atoms with Gasteiger partial charge >= 0.3 is 0 Å². The van der Waals surface area contributed by atoms with Crippen molar-refractivity contribution in [3.63, 3.8) is 0 Å². The molecule has 2 saturated heterocycles. The quantitative estimate of drug-likeness (QED) is 0.889. The first-order valence-corrected chi connectivity index (χ1v) is 7.89. The lowest BCUT2D eigenvalue weighted by Crippen LogP contribution is -2.28. The average molecular weight is 282 g/mol. The molecule has 3 nitrogen and oxygen atoms in total. The number of fused-ring (bicyclic) bond motifs is 2. The van der Waals surface area contributed by atoms with Crippen molar-refractivity contribution in [2.24, 2.45) is 11.8 Å². The van der Waals surface area contributed by atoms with Gasteiger partial charge in [-0.25, -0.2) is 0 Å². The minimum Gasteiger partial charge on any atom is -0.507 e. The van der Waals surface area contributed by atoms with Crippen LogP contribution in [0.1, 0.15) is 18.5 Å². The molecule has 0 amide bonds. The number of phenols is 1. The van der Waals surface area contributed by atoms with Crippen LogP contribution in [-0.4, -0.2) is 36.2 Å². The standard InChI is InChI=1S/C18H22N2O/c1-12(20-10-14-8-19-9-15(14)11-20)16-7-6-13-4-2-3-5-17(13)18(16)21/h2-7,12,14-15,19,21H,8-11H2,1H3/t12?,14-,15+. The number of likely N-dealkylation sites (tertiary alicyclic amines) is 1. The van der Waals surface area contributed by atoms with Crippen LogP contribution in [0, 0.1) is 11.8 Å². The zero-order valence-corrected chi connectivity index (χ0v) is 12.4. The maximum absolute atomic E-state index is 10.6. The highest BCUT2D eigenvalue weighted by Gasteiger charge is 2.38. The topological polar surface area (TPSA) is 35.5 Å². The first-order chi connectivity index (χ1) is 10.2. The lowest BCUT2D eigenvalue weighted by Gasteiger charge is -2.26. The van der Waals surface area contributed by atoms with Gasteiger partial charge in [0.05, 0.1) is 0 Å². The number of rotatable bonds is 2. The molecule has 2 aliphatic rings. The van der Waals surface area contributed by atoms with Gasteiger partial charge in [0.1, 0.15) is 5.75 Å².